The number of hydrazone groups is 1. The zero-order valence-electron chi connectivity index (χ0n) is 13.0. The standard InChI is InChI=1S/C18H13N3O3S/c22-17(14-7-9-19-10-8-14)21-20-12-13-3-5-15(6-4-13)24-18(23)16-2-1-11-25-16/h1-12H,(H,21,22). The SMILES string of the molecule is O=C(NN=Cc1ccc(OC(=O)c2cccs2)cc1)c1ccncc1. The van der Waals surface area contributed by atoms with Crippen LogP contribution >= 0.6 is 11.3 Å². The molecule has 0 aliphatic rings. The van der Waals surface area contributed by atoms with Gasteiger partial charge in [0.1, 0.15) is 10.6 Å². The van der Waals surface area contributed by atoms with Crippen molar-refractivity contribution in [3.63, 3.8) is 0 Å². The summed E-state index contributed by atoms with van der Waals surface area (Å²) in [7, 11) is 0. The number of esters is 1. The fraction of sp³-hybridized carbons (Fsp3) is 0. The van der Waals surface area contributed by atoms with E-state index in [0.29, 0.717) is 16.2 Å². The Morgan fingerprint density at radius 1 is 1.08 bits per heavy atom. The summed E-state index contributed by atoms with van der Waals surface area (Å²) in [5.41, 5.74) is 3.66. The van der Waals surface area contributed by atoms with E-state index >= 15 is 0 Å². The number of carbonyl (C=O) groups is 2. The summed E-state index contributed by atoms with van der Waals surface area (Å²) < 4.78 is 5.27. The average Bonchev–Trinajstić information content (AvgIpc) is 3.19. The molecule has 0 saturated heterocycles. The van der Waals surface area contributed by atoms with E-state index in [4.69, 9.17) is 4.74 Å². The highest BCUT2D eigenvalue weighted by molar-refractivity contribution is 7.12. The van der Waals surface area contributed by atoms with Crippen LogP contribution in [-0.4, -0.2) is 23.1 Å². The number of thiophene rings is 1. The maximum absolute atomic E-state index is 11.9. The fourth-order valence-electron chi connectivity index (χ4n) is 1.91. The zero-order valence-corrected chi connectivity index (χ0v) is 13.8. The highest BCUT2D eigenvalue weighted by Gasteiger charge is 2.09. The van der Waals surface area contributed by atoms with E-state index in [0.717, 1.165) is 5.56 Å². The van der Waals surface area contributed by atoms with Crippen LogP contribution in [0.5, 0.6) is 5.75 Å². The molecule has 3 rings (SSSR count). The lowest BCUT2D eigenvalue weighted by molar-refractivity contribution is 0.0739. The second kappa shape index (κ2) is 7.98. The van der Waals surface area contributed by atoms with E-state index in [9.17, 15) is 9.59 Å². The van der Waals surface area contributed by atoms with Gasteiger partial charge in [-0.15, -0.1) is 11.3 Å². The van der Waals surface area contributed by atoms with Gasteiger partial charge in [-0.1, -0.05) is 6.07 Å². The van der Waals surface area contributed by atoms with Gasteiger partial charge >= 0.3 is 5.97 Å². The lowest BCUT2D eigenvalue weighted by Crippen LogP contribution is -2.17. The summed E-state index contributed by atoms with van der Waals surface area (Å²) in [6.45, 7) is 0. The lowest BCUT2D eigenvalue weighted by atomic mass is 10.2. The molecule has 1 amide bonds. The number of hydrogen-bond acceptors (Lipinski definition) is 6. The molecule has 1 N–H and O–H groups in total. The smallest absolute Gasteiger partial charge is 0.353 e. The molecule has 3 aromatic rings. The van der Waals surface area contributed by atoms with Crippen molar-refractivity contribution in [1.29, 1.82) is 0 Å². The van der Waals surface area contributed by atoms with Crippen molar-refractivity contribution in [2.24, 2.45) is 5.10 Å². The third-order valence-corrected chi connectivity index (χ3v) is 3.99. The predicted molar refractivity (Wildman–Crippen MR) is 95.0 cm³/mol. The molecule has 0 unspecified atom stereocenters. The van der Waals surface area contributed by atoms with Crippen molar-refractivity contribution in [1.82, 2.24) is 10.4 Å². The maximum Gasteiger partial charge on any atom is 0.353 e. The zero-order chi connectivity index (χ0) is 17.5. The van der Waals surface area contributed by atoms with Crippen molar-refractivity contribution in [3.8, 4) is 5.75 Å². The molecule has 6 nitrogen and oxygen atoms in total. The van der Waals surface area contributed by atoms with Gasteiger partial charge in [-0.25, -0.2) is 10.2 Å². The minimum Gasteiger partial charge on any atom is -0.422 e. The van der Waals surface area contributed by atoms with Crippen LogP contribution in [0.4, 0.5) is 0 Å². The highest BCUT2D eigenvalue weighted by Crippen LogP contribution is 2.16. The van der Waals surface area contributed by atoms with Crippen molar-refractivity contribution in [3.05, 3.63) is 82.3 Å². The molecule has 0 spiro atoms. The predicted octanol–water partition coefficient (Wildman–Crippen LogP) is 3.13. The molecule has 0 aliphatic carbocycles. The van der Waals surface area contributed by atoms with Gasteiger partial charge in [0.2, 0.25) is 0 Å². The normalized spacial score (nSPS) is 10.6. The van der Waals surface area contributed by atoms with E-state index in [2.05, 4.69) is 15.5 Å². The first kappa shape index (κ1) is 16.5. The first-order valence-electron chi connectivity index (χ1n) is 7.31. The monoisotopic (exact) mass is 351 g/mol. The van der Waals surface area contributed by atoms with Crippen molar-refractivity contribution >= 4 is 29.4 Å². The summed E-state index contributed by atoms with van der Waals surface area (Å²) >= 11 is 1.33. The summed E-state index contributed by atoms with van der Waals surface area (Å²) in [5, 5.41) is 5.71. The molecule has 0 aliphatic heterocycles. The number of amides is 1. The maximum atomic E-state index is 11.9. The van der Waals surface area contributed by atoms with E-state index in [1.54, 1.807) is 48.5 Å². The molecular weight excluding hydrogens is 338 g/mol. The minimum atomic E-state index is -0.388. The van der Waals surface area contributed by atoms with Gasteiger partial charge in [-0.2, -0.15) is 5.10 Å². The van der Waals surface area contributed by atoms with Crippen LogP contribution in [0.25, 0.3) is 0 Å². The number of aromatic nitrogens is 1. The van der Waals surface area contributed by atoms with Crippen molar-refractivity contribution in [2.45, 2.75) is 0 Å². The van der Waals surface area contributed by atoms with Gasteiger partial charge in [0.25, 0.3) is 5.91 Å². The summed E-state index contributed by atoms with van der Waals surface area (Å²) in [5.74, 6) is -0.266. The Morgan fingerprint density at radius 2 is 1.84 bits per heavy atom. The lowest BCUT2D eigenvalue weighted by Gasteiger charge is -2.03. The molecule has 124 valence electrons. The summed E-state index contributed by atoms with van der Waals surface area (Å²) in [6.07, 6.45) is 4.58. The minimum absolute atomic E-state index is 0.319. The third kappa shape index (κ3) is 4.58. The van der Waals surface area contributed by atoms with Crippen LogP contribution in [0.15, 0.2) is 71.4 Å². The van der Waals surface area contributed by atoms with Gasteiger partial charge in [0.15, 0.2) is 0 Å². The molecule has 0 saturated carbocycles. The molecule has 7 heteroatoms. The van der Waals surface area contributed by atoms with Gasteiger partial charge in [-0.3, -0.25) is 9.78 Å². The van der Waals surface area contributed by atoms with Gasteiger partial charge in [-0.05, 0) is 53.4 Å². The Morgan fingerprint density at radius 3 is 2.52 bits per heavy atom. The van der Waals surface area contributed by atoms with Crippen LogP contribution in [0.1, 0.15) is 25.6 Å². The topological polar surface area (TPSA) is 80.6 Å². The van der Waals surface area contributed by atoms with Gasteiger partial charge < -0.3 is 4.74 Å². The van der Waals surface area contributed by atoms with Crippen LogP contribution < -0.4 is 10.2 Å². The number of nitrogens with one attached hydrogen (secondary N) is 1. The first-order valence-corrected chi connectivity index (χ1v) is 8.19. The number of hydrogen-bond donors (Lipinski definition) is 1. The first-order chi connectivity index (χ1) is 12.2. The number of carbonyl (C=O) groups excluding carboxylic acids is 2. The van der Waals surface area contributed by atoms with Gasteiger partial charge in [0, 0.05) is 18.0 Å². The quantitative estimate of drug-likeness (QED) is 0.331. The van der Waals surface area contributed by atoms with Crippen LogP contribution in [-0.2, 0) is 0 Å². The average molecular weight is 351 g/mol. The molecule has 0 atom stereocenters. The number of rotatable bonds is 5. The number of benzene rings is 1. The Kier molecular flexibility index (Phi) is 5.28. The van der Waals surface area contributed by atoms with E-state index in [-0.39, 0.29) is 11.9 Å². The summed E-state index contributed by atoms with van der Waals surface area (Å²) in [4.78, 5) is 28.1. The van der Waals surface area contributed by atoms with E-state index in [1.807, 2.05) is 5.38 Å². The molecule has 25 heavy (non-hydrogen) atoms. The van der Waals surface area contributed by atoms with E-state index < -0.39 is 0 Å². The molecule has 2 aromatic heterocycles. The van der Waals surface area contributed by atoms with Crippen molar-refractivity contribution in [2.75, 3.05) is 0 Å². The largest absolute Gasteiger partial charge is 0.422 e. The Hall–Kier alpha value is -3.32. The Labute approximate surface area is 147 Å². The molecular formula is C18H13N3O3S. The molecule has 0 bridgehead atoms. The number of ether oxygens (including phenoxy) is 1. The fourth-order valence-corrected chi connectivity index (χ4v) is 2.51. The molecule has 2 heterocycles. The number of pyridine rings is 1. The number of nitrogens with zero attached hydrogens (tertiary/aromatic N) is 2. The highest BCUT2D eigenvalue weighted by atomic mass is 32.1. The van der Waals surface area contributed by atoms with E-state index in [1.165, 1.54) is 29.9 Å². The molecule has 0 fully saturated rings. The van der Waals surface area contributed by atoms with Crippen LogP contribution in [0, 0.1) is 0 Å². The third-order valence-electron chi connectivity index (χ3n) is 3.14. The van der Waals surface area contributed by atoms with Gasteiger partial charge in [0.05, 0.1) is 6.21 Å². The molecule has 0 radical (unpaired) electrons. The Bertz CT molecular complexity index is 876. The van der Waals surface area contributed by atoms with Crippen molar-refractivity contribution < 1.29 is 14.3 Å². The second-order valence-corrected chi connectivity index (χ2v) is 5.82. The second-order valence-electron chi connectivity index (χ2n) is 4.87. The Balaban J connectivity index is 1.55. The summed E-state index contributed by atoms with van der Waals surface area (Å²) in [6, 6.07) is 13.5. The van der Waals surface area contributed by atoms with Crippen LogP contribution in [0.3, 0.4) is 0 Å². The molecule has 1 aromatic carbocycles. The van der Waals surface area contributed by atoms with Crippen LogP contribution in [0.2, 0.25) is 0 Å².